The molecule has 4 heteroatoms. The third-order valence-electron chi connectivity index (χ3n) is 2.82. The molecule has 1 aliphatic rings. The normalized spacial score (nSPS) is 14.9. The summed E-state index contributed by atoms with van der Waals surface area (Å²) in [6.45, 7) is 0.764. The monoisotopic (exact) mass is 355 g/mol. The Labute approximate surface area is 120 Å². The molecule has 0 saturated carbocycles. The van der Waals surface area contributed by atoms with Crippen LogP contribution in [-0.2, 0) is 0 Å². The van der Waals surface area contributed by atoms with Crippen molar-refractivity contribution in [1.29, 1.82) is 0 Å². The molecule has 0 amide bonds. The molecule has 1 aliphatic heterocycles. The summed E-state index contributed by atoms with van der Waals surface area (Å²) in [5.74, 6) is 0.740. The summed E-state index contributed by atoms with van der Waals surface area (Å²) in [6, 6.07) is 7.24. The molecule has 0 N–H and O–H groups in total. The van der Waals surface area contributed by atoms with Crippen LogP contribution in [0.5, 0.6) is 5.75 Å². The second kappa shape index (κ2) is 5.56. The first-order chi connectivity index (χ1) is 8.61. The lowest BCUT2D eigenvalue weighted by molar-refractivity contribution is 0.103. The fourth-order valence-corrected chi connectivity index (χ4v) is 2.24. The Balaban J connectivity index is 2.27. The van der Waals surface area contributed by atoms with Gasteiger partial charge in [0.25, 0.3) is 0 Å². The van der Waals surface area contributed by atoms with E-state index in [0.29, 0.717) is 11.3 Å². The summed E-state index contributed by atoms with van der Waals surface area (Å²) in [7, 11) is 3.60. The summed E-state index contributed by atoms with van der Waals surface area (Å²) >= 11 is 2.23. The lowest BCUT2D eigenvalue weighted by atomic mass is 10.0. The van der Waals surface area contributed by atoms with Crippen LogP contribution in [-0.4, -0.2) is 31.4 Å². The van der Waals surface area contributed by atoms with Gasteiger partial charge in [-0.3, -0.25) is 4.79 Å². The second-order valence-electron chi connectivity index (χ2n) is 4.07. The summed E-state index contributed by atoms with van der Waals surface area (Å²) in [4.78, 5) is 14.4. The van der Waals surface area contributed by atoms with Crippen LogP contribution in [0.25, 0.3) is 0 Å². The van der Waals surface area contributed by atoms with Gasteiger partial charge in [-0.1, -0.05) is 18.2 Å². The van der Waals surface area contributed by atoms with Crippen molar-refractivity contribution in [2.45, 2.75) is 0 Å². The number of carbonyl (C=O) groups excluding carboxylic acids is 1. The van der Waals surface area contributed by atoms with Gasteiger partial charge in [-0.05, 0) is 40.8 Å². The first-order valence-electron chi connectivity index (χ1n) is 5.59. The van der Waals surface area contributed by atoms with Gasteiger partial charge in [0.2, 0.25) is 0 Å². The molecule has 0 aliphatic carbocycles. The molecule has 1 aromatic rings. The molecule has 0 saturated heterocycles. The van der Waals surface area contributed by atoms with Crippen molar-refractivity contribution in [3.63, 3.8) is 0 Å². The SMILES string of the molecule is COc1cccc(C(=O)C2=CCN(C)C(I)=C2)c1. The van der Waals surface area contributed by atoms with E-state index in [-0.39, 0.29) is 5.78 Å². The van der Waals surface area contributed by atoms with E-state index in [9.17, 15) is 4.79 Å². The smallest absolute Gasteiger partial charge is 0.192 e. The maximum Gasteiger partial charge on any atom is 0.192 e. The van der Waals surface area contributed by atoms with Gasteiger partial charge in [0.05, 0.1) is 10.8 Å². The van der Waals surface area contributed by atoms with Gasteiger partial charge < -0.3 is 9.64 Å². The minimum atomic E-state index is 0.0381. The van der Waals surface area contributed by atoms with Crippen molar-refractivity contribution in [2.75, 3.05) is 20.7 Å². The maximum atomic E-state index is 12.3. The van der Waals surface area contributed by atoms with E-state index in [1.165, 1.54) is 0 Å². The molecule has 18 heavy (non-hydrogen) atoms. The van der Waals surface area contributed by atoms with Gasteiger partial charge in [-0.25, -0.2) is 0 Å². The molecular formula is C14H14INO2. The zero-order valence-electron chi connectivity index (χ0n) is 10.3. The Kier molecular flexibility index (Phi) is 4.06. The fraction of sp³-hybridized carbons (Fsp3) is 0.214. The van der Waals surface area contributed by atoms with Crippen LogP contribution in [0.15, 0.2) is 45.7 Å². The molecular weight excluding hydrogens is 341 g/mol. The topological polar surface area (TPSA) is 29.5 Å². The van der Waals surface area contributed by atoms with E-state index < -0.39 is 0 Å². The molecule has 1 aromatic carbocycles. The van der Waals surface area contributed by atoms with Crippen molar-refractivity contribution in [3.05, 3.63) is 51.3 Å². The van der Waals surface area contributed by atoms with Gasteiger partial charge in [-0.2, -0.15) is 0 Å². The number of ketones is 1. The number of nitrogens with zero attached hydrogens (tertiary/aromatic N) is 1. The van der Waals surface area contributed by atoms with Crippen molar-refractivity contribution in [2.24, 2.45) is 0 Å². The van der Waals surface area contributed by atoms with Crippen LogP contribution in [0.2, 0.25) is 0 Å². The van der Waals surface area contributed by atoms with E-state index in [4.69, 9.17) is 4.74 Å². The third-order valence-corrected chi connectivity index (χ3v) is 3.95. The molecule has 0 aromatic heterocycles. The average Bonchev–Trinajstić information content (AvgIpc) is 2.41. The van der Waals surface area contributed by atoms with Crippen molar-refractivity contribution >= 4 is 28.4 Å². The third kappa shape index (κ3) is 2.75. The van der Waals surface area contributed by atoms with Gasteiger partial charge in [0.15, 0.2) is 5.78 Å². The van der Waals surface area contributed by atoms with Crippen molar-refractivity contribution in [3.8, 4) is 5.75 Å². The first kappa shape index (κ1) is 13.1. The minimum absolute atomic E-state index is 0.0381. The number of rotatable bonds is 3. The maximum absolute atomic E-state index is 12.3. The molecule has 0 atom stereocenters. The quantitative estimate of drug-likeness (QED) is 0.474. The first-order valence-corrected chi connectivity index (χ1v) is 6.67. The summed E-state index contributed by atoms with van der Waals surface area (Å²) in [6.07, 6.45) is 3.86. The molecule has 0 fully saturated rings. The highest BCUT2D eigenvalue weighted by Crippen LogP contribution is 2.23. The standard InChI is InChI=1S/C14H14INO2/c1-16-7-6-11(9-13(16)15)14(17)10-4-3-5-12(8-10)18-2/h3-6,8-9H,7H2,1-2H3. The summed E-state index contributed by atoms with van der Waals surface area (Å²) < 4.78 is 6.20. The number of methoxy groups -OCH3 is 1. The number of hydrogen-bond acceptors (Lipinski definition) is 3. The Bertz CT molecular complexity index is 534. The van der Waals surface area contributed by atoms with E-state index in [0.717, 1.165) is 15.8 Å². The molecule has 94 valence electrons. The average molecular weight is 355 g/mol. The Hall–Kier alpha value is -1.30. The van der Waals surface area contributed by atoms with E-state index in [1.807, 2.05) is 37.4 Å². The number of Topliss-reactive ketones (excluding diaryl/α,β-unsaturated/α-hetero) is 1. The predicted molar refractivity (Wildman–Crippen MR) is 80.1 cm³/mol. The fourth-order valence-electron chi connectivity index (χ4n) is 1.71. The van der Waals surface area contributed by atoms with Crippen molar-refractivity contribution < 1.29 is 9.53 Å². The lowest BCUT2D eigenvalue weighted by Crippen LogP contribution is -2.19. The number of halogens is 1. The molecule has 1 heterocycles. The Morgan fingerprint density at radius 1 is 1.44 bits per heavy atom. The molecule has 0 spiro atoms. The van der Waals surface area contributed by atoms with Gasteiger partial charge >= 0.3 is 0 Å². The zero-order chi connectivity index (χ0) is 13.1. The molecule has 0 bridgehead atoms. The number of allylic oxidation sites excluding steroid dienone is 2. The van der Waals surface area contributed by atoms with Gasteiger partial charge in [0.1, 0.15) is 5.75 Å². The number of benzene rings is 1. The van der Waals surface area contributed by atoms with E-state index in [1.54, 1.807) is 13.2 Å². The molecule has 0 unspecified atom stereocenters. The summed E-state index contributed by atoms with van der Waals surface area (Å²) in [5.41, 5.74) is 1.40. The number of carbonyl (C=O) groups is 1. The summed E-state index contributed by atoms with van der Waals surface area (Å²) in [5, 5.41) is 0. The Morgan fingerprint density at radius 3 is 2.89 bits per heavy atom. The minimum Gasteiger partial charge on any atom is -0.497 e. The largest absolute Gasteiger partial charge is 0.497 e. The van der Waals surface area contributed by atoms with E-state index >= 15 is 0 Å². The second-order valence-corrected chi connectivity index (χ2v) is 5.17. The molecule has 2 rings (SSSR count). The number of likely N-dealkylation sites (N-methyl/N-ethyl adjacent to an activating group) is 1. The van der Waals surface area contributed by atoms with Gasteiger partial charge in [-0.15, -0.1) is 0 Å². The van der Waals surface area contributed by atoms with Crippen LogP contribution >= 0.6 is 22.6 Å². The molecule has 3 nitrogen and oxygen atoms in total. The van der Waals surface area contributed by atoms with Gasteiger partial charge in [0, 0.05) is 24.7 Å². The highest BCUT2D eigenvalue weighted by molar-refractivity contribution is 14.1. The van der Waals surface area contributed by atoms with Crippen molar-refractivity contribution in [1.82, 2.24) is 4.90 Å². The van der Waals surface area contributed by atoms with Crippen LogP contribution in [0.4, 0.5) is 0 Å². The molecule has 0 radical (unpaired) electrons. The highest BCUT2D eigenvalue weighted by atomic mass is 127. The lowest BCUT2D eigenvalue weighted by Gasteiger charge is -2.21. The Morgan fingerprint density at radius 2 is 2.22 bits per heavy atom. The van der Waals surface area contributed by atoms with E-state index in [2.05, 4.69) is 27.5 Å². The number of ether oxygens (including phenoxy) is 1. The number of hydrogen-bond donors (Lipinski definition) is 0. The highest BCUT2D eigenvalue weighted by Gasteiger charge is 2.15. The van der Waals surface area contributed by atoms with Crippen LogP contribution < -0.4 is 4.74 Å². The van der Waals surface area contributed by atoms with Crippen LogP contribution in [0.1, 0.15) is 10.4 Å². The van der Waals surface area contributed by atoms with Crippen LogP contribution in [0, 0.1) is 0 Å². The predicted octanol–water partition coefficient (Wildman–Crippen LogP) is 3.03. The zero-order valence-corrected chi connectivity index (χ0v) is 12.5. The van der Waals surface area contributed by atoms with Crippen LogP contribution in [0.3, 0.4) is 0 Å².